The highest BCUT2D eigenvalue weighted by Gasteiger charge is 1.92. The molecule has 0 fully saturated rings. The van der Waals surface area contributed by atoms with Crippen molar-refractivity contribution in [3.63, 3.8) is 0 Å². The van der Waals surface area contributed by atoms with Crippen molar-refractivity contribution in [2.75, 3.05) is 11.2 Å². The van der Waals surface area contributed by atoms with Crippen LogP contribution in [0.4, 0.5) is 5.69 Å². The van der Waals surface area contributed by atoms with Crippen LogP contribution in [0, 0.1) is 13.8 Å². The summed E-state index contributed by atoms with van der Waals surface area (Å²) >= 11 is 4.09. The number of thiol groups is 1. The first-order valence-corrected chi connectivity index (χ1v) is 4.28. The van der Waals surface area contributed by atoms with Crippen molar-refractivity contribution in [3.05, 3.63) is 29.3 Å². The van der Waals surface area contributed by atoms with Crippen LogP contribution >= 0.6 is 12.6 Å². The molecule has 0 aromatic heterocycles. The van der Waals surface area contributed by atoms with E-state index in [9.17, 15) is 0 Å². The van der Waals surface area contributed by atoms with Crippen molar-refractivity contribution in [3.8, 4) is 0 Å². The first kappa shape index (κ1) is 8.47. The quantitative estimate of drug-likeness (QED) is 0.509. The molecular formula is C9H13NS. The Labute approximate surface area is 73.2 Å². The van der Waals surface area contributed by atoms with E-state index in [1.807, 2.05) is 0 Å². The molecule has 1 nitrogen and oxygen atoms in total. The molecule has 0 bridgehead atoms. The first-order valence-electron chi connectivity index (χ1n) is 3.65. The lowest BCUT2D eigenvalue weighted by Crippen LogP contribution is -1.94. The predicted molar refractivity (Wildman–Crippen MR) is 53.4 cm³/mol. The topological polar surface area (TPSA) is 12.0 Å². The molecule has 0 saturated heterocycles. The maximum Gasteiger partial charge on any atom is 0.0581 e. The molecule has 1 aromatic carbocycles. The van der Waals surface area contributed by atoms with E-state index in [0.717, 1.165) is 5.69 Å². The van der Waals surface area contributed by atoms with Crippen molar-refractivity contribution >= 4 is 18.3 Å². The summed E-state index contributed by atoms with van der Waals surface area (Å²) in [5.41, 5.74) is 3.72. The van der Waals surface area contributed by atoms with Gasteiger partial charge in [-0.1, -0.05) is 6.07 Å². The van der Waals surface area contributed by atoms with Gasteiger partial charge in [-0.15, -0.1) is 0 Å². The van der Waals surface area contributed by atoms with E-state index in [1.54, 1.807) is 0 Å². The molecule has 0 amide bonds. The fourth-order valence-corrected chi connectivity index (χ4v) is 1.35. The van der Waals surface area contributed by atoms with Crippen LogP contribution in [0.1, 0.15) is 11.1 Å². The lowest BCUT2D eigenvalue weighted by Gasteiger charge is -2.04. The molecule has 2 heteroatoms. The summed E-state index contributed by atoms with van der Waals surface area (Å²) in [6.45, 7) is 4.19. The molecule has 0 spiro atoms. The zero-order chi connectivity index (χ0) is 8.27. The molecule has 0 aliphatic rings. The third kappa shape index (κ3) is 2.46. The number of nitrogens with one attached hydrogen (secondary N) is 1. The average molecular weight is 167 g/mol. The van der Waals surface area contributed by atoms with Crippen LogP contribution < -0.4 is 5.32 Å². The Balaban J connectivity index is 2.89. The number of benzene rings is 1. The Morgan fingerprint density at radius 2 is 1.73 bits per heavy atom. The van der Waals surface area contributed by atoms with Gasteiger partial charge in [0.2, 0.25) is 0 Å². The molecule has 0 aliphatic carbocycles. The monoisotopic (exact) mass is 167 g/mol. The van der Waals surface area contributed by atoms with Crippen molar-refractivity contribution in [2.45, 2.75) is 13.8 Å². The molecule has 0 aliphatic heterocycles. The molecule has 0 heterocycles. The fourth-order valence-electron chi connectivity index (χ4n) is 1.17. The predicted octanol–water partition coefficient (Wildman–Crippen LogP) is 2.60. The first-order chi connectivity index (χ1) is 5.22. The van der Waals surface area contributed by atoms with Gasteiger partial charge >= 0.3 is 0 Å². The van der Waals surface area contributed by atoms with Crippen LogP contribution in [0.2, 0.25) is 0 Å². The second-order valence-electron chi connectivity index (χ2n) is 2.71. The lowest BCUT2D eigenvalue weighted by molar-refractivity contribution is 1.35. The number of anilines is 1. The average Bonchev–Trinajstić information content (AvgIpc) is 1.85. The van der Waals surface area contributed by atoms with E-state index in [2.05, 4.69) is 50.0 Å². The van der Waals surface area contributed by atoms with Crippen LogP contribution in [-0.2, 0) is 0 Å². The third-order valence-electron chi connectivity index (χ3n) is 1.50. The van der Waals surface area contributed by atoms with Gasteiger partial charge in [-0.2, -0.15) is 12.6 Å². The van der Waals surface area contributed by atoms with Crippen molar-refractivity contribution < 1.29 is 0 Å². The van der Waals surface area contributed by atoms with Gasteiger partial charge in [0.15, 0.2) is 0 Å². The van der Waals surface area contributed by atoms with Gasteiger partial charge in [0.25, 0.3) is 0 Å². The Bertz CT molecular complexity index is 225. The molecule has 0 radical (unpaired) electrons. The molecule has 11 heavy (non-hydrogen) atoms. The van der Waals surface area contributed by atoms with Crippen LogP contribution in [-0.4, -0.2) is 5.88 Å². The van der Waals surface area contributed by atoms with Gasteiger partial charge in [-0.05, 0) is 37.1 Å². The molecule has 60 valence electrons. The van der Waals surface area contributed by atoms with E-state index in [1.165, 1.54) is 11.1 Å². The Hall–Kier alpha value is -0.630. The minimum Gasteiger partial charge on any atom is -0.376 e. The minimum absolute atomic E-state index is 0.683. The SMILES string of the molecule is Cc1cc(C)cc(NCS)c1. The lowest BCUT2D eigenvalue weighted by atomic mass is 10.1. The highest BCUT2D eigenvalue weighted by atomic mass is 32.1. The van der Waals surface area contributed by atoms with Crippen molar-refractivity contribution in [1.82, 2.24) is 0 Å². The van der Waals surface area contributed by atoms with E-state index in [0.29, 0.717) is 5.88 Å². The molecule has 0 unspecified atom stereocenters. The number of rotatable bonds is 2. The van der Waals surface area contributed by atoms with Gasteiger partial charge in [-0.3, -0.25) is 0 Å². The van der Waals surface area contributed by atoms with Gasteiger partial charge in [0, 0.05) is 5.69 Å². The van der Waals surface area contributed by atoms with Crippen LogP contribution in [0.15, 0.2) is 18.2 Å². The number of aryl methyl sites for hydroxylation is 2. The number of hydrogen-bond donors (Lipinski definition) is 2. The number of hydrogen-bond acceptors (Lipinski definition) is 2. The van der Waals surface area contributed by atoms with Gasteiger partial charge in [0.05, 0.1) is 5.88 Å². The zero-order valence-electron chi connectivity index (χ0n) is 6.89. The summed E-state index contributed by atoms with van der Waals surface area (Å²) < 4.78 is 0. The third-order valence-corrected chi connectivity index (χ3v) is 1.66. The van der Waals surface area contributed by atoms with Crippen LogP contribution in [0.3, 0.4) is 0 Å². The van der Waals surface area contributed by atoms with Crippen molar-refractivity contribution in [2.24, 2.45) is 0 Å². The maximum absolute atomic E-state index is 4.09. The maximum atomic E-state index is 4.09. The second kappa shape index (κ2) is 3.67. The molecular weight excluding hydrogens is 154 g/mol. The summed E-state index contributed by atoms with van der Waals surface area (Å²) in [5.74, 6) is 0.683. The Morgan fingerprint density at radius 1 is 1.18 bits per heavy atom. The van der Waals surface area contributed by atoms with Gasteiger partial charge in [-0.25, -0.2) is 0 Å². The van der Waals surface area contributed by atoms with E-state index < -0.39 is 0 Å². The highest BCUT2D eigenvalue weighted by molar-refractivity contribution is 7.80. The smallest absolute Gasteiger partial charge is 0.0581 e. The standard InChI is InChI=1S/C9H13NS/c1-7-3-8(2)5-9(4-7)10-6-11/h3-5,10-11H,6H2,1-2H3. The van der Waals surface area contributed by atoms with Crippen LogP contribution in [0.5, 0.6) is 0 Å². The fraction of sp³-hybridized carbons (Fsp3) is 0.333. The summed E-state index contributed by atoms with van der Waals surface area (Å²) in [6.07, 6.45) is 0. The summed E-state index contributed by atoms with van der Waals surface area (Å²) in [6, 6.07) is 6.39. The van der Waals surface area contributed by atoms with E-state index in [-0.39, 0.29) is 0 Å². The van der Waals surface area contributed by atoms with Crippen molar-refractivity contribution in [1.29, 1.82) is 0 Å². The molecule has 1 aromatic rings. The molecule has 0 saturated carbocycles. The summed E-state index contributed by atoms with van der Waals surface area (Å²) in [7, 11) is 0. The zero-order valence-corrected chi connectivity index (χ0v) is 7.78. The van der Waals surface area contributed by atoms with E-state index >= 15 is 0 Å². The summed E-state index contributed by atoms with van der Waals surface area (Å²) in [5, 5.41) is 3.15. The Kier molecular flexibility index (Phi) is 2.83. The van der Waals surface area contributed by atoms with Gasteiger partial charge < -0.3 is 5.32 Å². The van der Waals surface area contributed by atoms with Gasteiger partial charge in [0.1, 0.15) is 0 Å². The second-order valence-corrected chi connectivity index (χ2v) is 3.03. The van der Waals surface area contributed by atoms with Crippen LogP contribution in [0.25, 0.3) is 0 Å². The highest BCUT2D eigenvalue weighted by Crippen LogP contribution is 2.13. The molecule has 0 atom stereocenters. The molecule has 1 N–H and O–H groups in total. The minimum atomic E-state index is 0.683. The largest absolute Gasteiger partial charge is 0.376 e. The summed E-state index contributed by atoms with van der Waals surface area (Å²) in [4.78, 5) is 0. The van der Waals surface area contributed by atoms with E-state index in [4.69, 9.17) is 0 Å². The normalized spacial score (nSPS) is 9.73. The Morgan fingerprint density at radius 3 is 2.18 bits per heavy atom. The molecule has 1 rings (SSSR count).